The molecule has 5 heavy (non-hydrogen) atoms. The standard InChI is InChI=1S/C3H7.Al.BrH.2H2.2H/c1-3-2;;;;;;/h1,3H2,2H3;;3*1H;;. The lowest BCUT2D eigenvalue weighted by Crippen LogP contribution is -1.55. The lowest BCUT2D eigenvalue weighted by atomic mass is 10.6. The molecule has 0 aromatic heterocycles. The lowest BCUT2D eigenvalue weighted by molar-refractivity contribution is 1.08. The third kappa shape index (κ3) is 11.2. The van der Waals surface area contributed by atoms with Crippen LogP contribution in [0.15, 0.2) is 0 Å². The molecule has 0 spiro atoms. The van der Waals surface area contributed by atoms with Crippen LogP contribution in [-0.2, 0) is 0 Å². The van der Waals surface area contributed by atoms with Crippen LogP contribution in [0.1, 0.15) is 16.2 Å². The zero-order valence-corrected chi connectivity index (χ0v) is 7.54. The van der Waals surface area contributed by atoms with E-state index in [0.29, 0.717) is 0 Å². The van der Waals surface area contributed by atoms with Gasteiger partial charge >= 0.3 is 0 Å². The molecule has 0 bridgehead atoms. The Kier molecular flexibility index (Phi) is 16.7. The molecule has 0 saturated heterocycles. The second-order valence-electron chi connectivity index (χ2n) is 1.000. The van der Waals surface area contributed by atoms with Gasteiger partial charge in [0, 0.05) is 2.85 Å². The number of hydrogen-bond donors (Lipinski definition) is 0. The highest BCUT2D eigenvalue weighted by Crippen LogP contribution is 1.73. The normalized spacial score (nSPS) is 5.80. The van der Waals surface area contributed by atoms with Crippen molar-refractivity contribution in [1.29, 1.82) is 0 Å². The van der Waals surface area contributed by atoms with Crippen LogP contribution in [0.5, 0.6) is 0 Å². The van der Waals surface area contributed by atoms with Crippen LogP contribution in [0.3, 0.4) is 0 Å². The molecule has 0 amide bonds. The van der Waals surface area contributed by atoms with Gasteiger partial charge in [-0.2, -0.15) is 0 Å². The first-order valence-corrected chi connectivity index (χ1v) is 3.33. The van der Waals surface area contributed by atoms with Crippen LogP contribution in [0.4, 0.5) is 0 Å². The smallest absolute Gasteiger partial charge is 0.114 e. The second kappa shape index (κ2) is 8.89. The molecule has 0 aliphatic rings. The molecule has 0 fully saturated rings. The molecule has 0 aromatic carbocycles. The van der Waals surface area contributed by atoms with Crippen molar-refractivity contribution < 1.29 is 2.85 Å². The Hall–Kier alpha value is 1.01. The summed E-state index contributed by atoms with van der Waals surface area (Å²) in [5, 5.41) is 1.46. The highest BCUT2D eigenvalue weighted by atomic mass is 79.9. The van der Waals surface area contributed by atoms with E-state index in [-0.39, 0.29) is 19.8 Å². The highest BCUT2D eigenvalue weighted by Gasteiger charge is 1.58. The average Bonchev–Trinajstić information content (AvgIpc) is 1.37. The van der Waals surface area contributed by atoms with E-state index < -0.39 is 0 Å². The summed E-state index contributed by atoms with van der Waals surface area (Å²) in [5.41, 5.74) is 0. The van der Waals surface area contributed by atoms with Crippen LogP contribution in [0.25, 0.3) is 0 Å². The summed E-state index contributed by atoms with van der Waals surface area (Å²) in [5.74, 6) is 0. The van der Waals surface area contributed by atoms with Crippen LogP contribution in [0.2, 0.25) is 5.28 Å². The number of rotatable bonds is 1. The van der Waals surface area contributed by atoms with Crippen molar-refractivity contribution in [3.8, 4) is 0 Å². The molecular formula is C3H14AlBr. The first kappa shape index (κ1) is 9.38. The van der Waals surface area contributed by atoms with Gasteiger partial charge in [0.2, 0.25) is 16.3 Å². The summed E-state index contributed by atoms with van der Waals surface area (Å²) < 4.78 is 0. The van der Waals surface area contributed by atoms with Crippen molar-refractivity contribution in [1.82, 2.24) is 0 Å². The van der Waals surface area contributed by atoms with E-state index in [1.54, 1.807) is 0 Å². The Balaban J connectivity index is -0.0000000150. The third-order valence-electron chi connectivity index (χ3n) is 0.500. The molecule has 0 radical (unpaired) electrons. The quantitative estimate of drug-likeness (QED) is 0.506. The average molecular weight is 157 g/mol. The minimum Gasteiger partial charge on any atom is -0.114 e. The first-order chi connectivity index (χ1) is 1.91. The van der Waals surface area contributed by atoms with Gasteiger partial charge in [0.25, 0.3) is 0 Å². The van der Waals surface area contributed by atoms with Crippen LogP contribution < -0.4 is 0 Å². The molecule has 0 N–H and O–H groups in total. The Bertz CT molecular complexity index is 14.9. The van der Waals surface area contributed by atoms with Gasteiger partial charge in [-0.1, -0.05) is 13.3 Å². The van der Waals surface area contributed by atoms with Crippen molar-refractivity contribution in [2.45, 2.75) is 18.6 Å². The summed E-state index contributed by atoms with van der Waals surface area (Å²) in [4.78, 5) is 0. The van der Waals surface area contributed by atoms with E-state index >= 15 is 0 Å². The molecule has 0 aliphatic heterocycles. The maximum Gasteiger partial charge on any atom is 0.211 e. The van der Waals surface area contributed by atoms with E-state index in [4.69, 9.17) is 0 Å². The zero-order chi connectivity index (χ0) is 3.41. The molecule has 0 nitrogen and oxygen atoms in total. The minimum atomic E-state index is 0. The molecule has 0 rings (SSSR count). The van der Waals surface area contributed by atoms with E-state index in [2.05, 4.69) is 6.92 Å². The SMILES string of the molecule is Br.CC[CH2][AlH2].[HH].[HH]. The molecular weight excluding hydrogens is 143 g/mol. The number of halogens is 1. The van der Waals surface area contributed by atoms with Gasteiger partial charge in [-0.25, -0.2) is 0 Å². The van der Waals surface area contributed by atoms with E-state index in [9.17, 15) is 0 Å². The monoisotopic (exact) mass is 156 g/mol. The molecule has 0 saturated carbocycles. The van der Waals surface area contributed by atoms with Crippen molar-refractivity contribution in [2.75, 3.05) is 0 Å². The van der Waals surface area contributed by atoms with E-state index in [1.807, 2.05) is 0 Å². The fourth-order valence-electron chi connectivity index (χ4n) is 0. The van der Waals surface area contributed by atoms with Crippen molar-refractivity contribution in [3.63, 3.8) is 0 Å². The lowest BCUT2D eigenvalue weighted by Gasteiger charge is -1.66. The van der Waals surface area contributed by atoms with Gasteiger partial charge in [-0.15, -0.1) is 22.3 Å². The van der Waals surface area contributed by atoms with Crippen LogP contribution >= 0.6 is 17.0 Å². The summed E-state index contributed by atoms with van der Waals surface area (Å²) in [6.45, 7) is 2.22. The molecule has 36 valence electrons. The van der Waals surface area contributed by atoms with Gasteiger partial charge in [-0.3, -0.25) is 0 Å². The van der Waals surface area contributed by atoms with E-state index in [1.165, 1.54) is 28.0 Å². The first-order valence-electron chi connectivity index (χ1n) is 1.91. The summed E-state index contributed by atoms with van der Waals surface area (Å²) in [6, 6.07) is 0. The molecule has 0 aliphatic carbocycles. The Morgan fingerprint density at radius 2 is 2.00 bits per heavy atom. The van der Waals surface area contributed by atoms with E-state index in [0.717, 1.165) is 0 Å². The molecule has 0 aromatic rings. The Morgan fingerprint density at radius 1 is 1.80 bits per heavy atom. The molecule has 0 heterocycles. The minimum absolute atomic E-state index is 0. The van der Waals surface area contributed by atoms with Gasteiger partial charge < -0.3 is 0 Å². The maximum atomic E-state index is 2.22. The van der Waals surface area contributed by atoms with Crippen molar-refractivity contribution in [3.05, 3.63) is 0 Å². The zero-order valence-electron chi connectivity index (χ0n) is 3.82. The van der Waals surface area contributed by atoms with Crippen molar-refractivity contribution in [2.24, 2.45) is 0 Å². The summed E-state index contributed by atoms with van der Waals surface area (Å²) >= 11 is 1.39. The highest BCUT2D eigenvalue weighted by molar-refractivity contribution is 8.93. The summed E-state index contributed by atoms with van der Waals surface area (Å²) in [6.07, 6.45) is 1.38. The molecule has 0 unspecified atom stereocenters. The fourth-order valence-corrected chi connectivity index (χ4v) is 0. The molecule has 0 atom stereocenters. The number of hydrogen-bond acceptors (Lipinski definition) is 0. The van der Waals surface area contributed by atoms with Gasteiger partial charge in [0.15, 0.2) is 0 Å². The van der Waals surface area contributed by atoms with Gasteiger partial charge in [0.1, 0.15) is 0 Å². The largest absolute Gasteiger partial charge is 0.211 e. The topological polar surface area (TPSA) is 0 Å². The van der Waals surface area contributed by atoms with Crippen LogP contribution in [-0.4, -0.2) is 16.3 Å². The summed E-state index contributed by atoms with van der Waals surface area (Å²) in [7, 11) is 0. The predicted molar refractivity (Wildman–Crippen MR) is 38.2 cm³/mol. The molecule has 2 heteroatoms. The second-order valence-corrected chi connectivity index (χ2v) is 2.00. The fraction of sp³-hybridized carbons (Fsp3) is 1.00. The third-order valence-corrected chi connectivity index (χ3v) is 1.50. The Morgan fingerprint density at radius 3 is 2.00 bits per heavy atom. The van der Waals surface area contributed by atoms with Crippen molar-refractivity contribution >= 4 is 33.3 Å². The van der Waals surface area contributed by atoms with Crippen LogP contribution in [0, 0.1) is 0 Å². The predicted octanol–water partition coefficient (Wildman–Crippen LogP) is 1.52. The maximum absolute atomic E-state index is 2.22. The van der Waals surface area contributed by atoms with Gasteiger partial charge in [0.05, 0.1) is 0 Å². The van der Waals surface area contributed by atoms with Gasteiger partial charge in [-0.05, 0) is 0 Å². The Labute approximate surface area is 55.1 Å².